The molecule has 3 rings (SSSR count). The fourth-order valence-corrected chi connectivity index (χ4v) is 2.83. The number of aromatic nitrogens is 1. The van der Waals surface area contributed by atoms with Crippen LogP contribution in [0.4, 0.5) is 20.2 Å². The number of hydrogen-bond acceptors (Lipinski definition) is 4. The van der Waals surface area contributed by atoms with Gasteiger partial charge in [0.15, 0.2) is 11.6 Å². The first-order chi connectivity index (χ1) is 14.3. The molecule has 3 aromatic rings. The molecule has 0 atom stereocenters. The van der Waals surface area contributed by atoms with Crippen molar-refractivity contribution < 1.29 is 18.3 Å². The van der Waals surface area contributed by atoms with Gasteiger partial charge in [-0.25, -0.2) is 8.78 Å². The second kappa shape index (κ2) is 8.60. The Kier molecular flexibility index (Phi) is 5.96. The summed E-state index contributed by atoms with van der Waals surface area (Å²) in [6.45, 7) is 3.42. The Balaban J connectivity index is 2.15. The van der Waals surface area contributed by atoms with Crippen LogP contribution < -0.4 is 20.9 Å². The predicted octanol–water partition coefficient (Wildman–Crippen LogP) is 4.29. The number of hydrogen-bond donors (Lipinski definition) is 2. The van der Waals surface area contributed by atoms with Crippen LogP contribution in [-0.4, -0.2) is 17.5 Å². The van der Waals surface area contributed by atoms with E-state index in [9.17, 15) is 18.4 Å². The average Bonchev–Trinajstić information content (AvgIpc) is 2.72. The molecule has 0 unspecified atom stereocenters. The van der Waals surface area contributed by atoms with Gasteiger partial charge in [-0.1, -0.05) is 6.58 Å². The van der Waals surface area contributed by atoms with E-state index in [1.54, 1.807) is 44.6 Å². The van der Waals surface area contributed by atoms with Crippen molar-refractivity contribution in [3.8, 4) is 22.6 Å². The van der Waals surface area contributed by atoms with Crippen molar-refractivity contribution in [2.45, 2.75) is 0 Å². The Labute approximate surface area is 171 Å². The topological polar surface area (TPSA) is 72.4 Å². The Morgan fingerprint density at radius 2 is 1.87 bits per heavy atom. The number of aryl methyl sites for hydroxylation is 1. The smallest absolute Gasteiger partial charge is 0.273 e. The molecule has 8 heteroatoms. The van der Waals surface area contributed by atoms with Crippen molar-refractivity contribution >= 4 is 17.3 Å². The van der Waals surface area contributed by atoms with Crippen molar-refractivity contribution in [3.63, 3.8) is 0 Å². The second-order valence-electron chi connectivity index (χ2n) is 6.39. The number of rotatable bonds is 6. The molecule has 0 bridgehead atoms. The zero-order valence-corrected chi connectivity index (χ0v) is 16.3. The molecule has 0 fully saturated rings. The first kappa shape index (κ1) is 20.8. The number of nitrogens with one attached hydrogen (secondary N) is 2. The van der Waals surface area contributed by atoms with Crippen molar-refractivity contribution in [1.29, 1.82) is 0 Å². The van der Waals surface area contributed by atoms with E-state index in [0.717, 1.165) is 18.2 Å². The van der Waals surface area contributed by atoms with Gasteiger partial charge in [0.2, 0.25) is 5.91 Å². The Morgan fingerprint density at radius 3 is 2.53 bits per heavy atom. The summed E-state index contributed by atoms with van der Waals surface area (Å²) >= 11 is 0. The first-order valence-corrected chi connectivity index (χ1v) is 8.91. The number of anilines is 2. The van der Waals surface area contributed by atoms with Crippen molar-refractivity contribution in [2.24, 2.45) is 7.05 Å². The number of amides is 1. The van der Waals surface area contributed by atoms with Crippen LogP contribution in [0.25, 0.3) is 11.1 Å². The molecule has 1 heterocycles. The second-order valence-corrected chi connectivity index (χ2v) is 6.39. The van der Waals surface area contributed by atoms with Gasteiger partial charge in [0.25, 0.3) is 5.56 Å². The molecule has 154 valence electrons. The van der Waals surface area contributed by atoms with E-state index in [1.807, 2.05) is 0 Å². The Bertz CT molecular complexity index is 1190. The fraction of sp³-hybridized carbons (Fsp3) is 0.0909. The van der Waals surface area contributed by atoms with Gasteiger partial charge in [0, 0.05) is 43.2 Å². The van der Waals surface area contributed by atoms with Gasteiger partial charge >= 0.3 is 0 Å². The van der Waals surface area contributed by atoms with E-state index in [4.69, 9.17) is 4.74 Å². The summed E-state index contributed by atoms with van der Waals surface area (Å²) in [5.41, 5.74) is 1.61. The third-order valence-corrected chi connectivity index (χ3v) is 4.31. The molecule has 1 amide bonds. The van der Waals surface area contributed by atoms with Gasteiger partial charge in [-0.2, -0.15) is 0 Å². The van der Waals surface area contributed by atoms with Crippen molar-refractivity contribution in [2.75, 3.05) is 17.7 Å². The number of carbonyl (C=O) groups is 1. The molecule has 2 N–H and O–H groups in total. The molecular formula is C22H19F2N3O3. The summed E-state index contributed by atoms with van der Waals surface area (Å²) in [6, 6.07) is 9.34. The molecule has 0 aliphatic carbocycles. The van der Waals surface area contributed by atoms with Crippen LogP contribution in [0.1, 0.15) is 0 Å². The van der Waals surface area contributed by atoms with Crippen LogP contribution in [0.15, 0.2) is 66.1 Å². The molecular weight excluding hydrogens is 392 g/mol. The van der Waals surface area contributed by atoms with Crippen LogP contribution in [0.2, 0.25) is 0 Å². The van der Waals surface area contributed by atoms with E-state index in [2.05, 4.69) is 17.2 Å². The van der Waals surface area contributed by atoms with Crippen LogP contribution >= 0.6 is 0 Å². The molecule has 0 aliphatic heterocycles. The highest BCUT2D eigenvalue weighted by molar-refractivity contribution is 5.99. The van der Waals surface area contributed by atoms with Crippen LogP contribution in [0.3, 0.4) is 0 Å². The molecule has 1 aromatic heterocycles. The van der Waals surface area contributed by atoms with Crippen molar-refractivity contribution in [3.05, 3.63) is 83.3 Å². The zero-order valence-electron chi connectivity index (χ0n) is 16.3. The quantitative estimate of drug-likeness (QED) is 0.594. The van der Waals surface area contributed by atoms with E-state index in [0.29, 0.717) is 22.5 Å². The van der Waals surface area contributed by atoms with E-state index in [-0.39, 0.29) is 17.1 Å². The summed E-state index contributed by atoms with van der Waals surface area (Å²) in [6.07, 6.45) is 2.72. The lowest BCUT2D eigenvalue weighted by atomic mass is 10.0. The van der Waals surface area contributed by atoms with Gasteiger partial charge in [-0.05, 0) is 42.5 Å². The molecule has 0 saturated carbocycles. The molecule has 0 radical (unpaired) electrons. The number of halogens is 2. The number of ether oxygens (including phenoxy) is 1. The lowest BCUT2D eigenvalue weighted by molar-refractivity contribution is -0.111. The third-order valence-electron chi connectivity index (χ3n) is 4.31. The van der Waals surface area contributed by atoms with Gasteiger partial charge in [-0.3, -0.25) is 9.59 Å². The highest BCUT2D eigenvalue weighted by Crippen LogP contribution is 2.37. The van der Waals surface area contributed by atoms with Crippen LogP contribution in [0.5, 0.6) is 11.5 Å². The monoisotopic (exact) mass is 411 g/mol. The summed E-state index contributed by atoms with van der Waals surface area (Å²) < 4.78 is 34.4. The minimum Gasteiger partial charge on any atom is -0.454 e. The van der Waals surface area contributed by atoms with E-state index >= 15 is 0 Å². The Morgan fingerprint density at radius 1 is 1.13 bits per heavy atom. The minimum atomic E-state index is -0.860. The highest BCUT2D eigenvalue weighted by Gasteiger charge is 2.15. The van der Waals surface area contributed by atoms with Crippen LogP contribution in [-0.2, 0) is 11.8 Å². The maximum absolute atomic E-state index is 14.1. The largest absolute Gasteiger partial charge is 0.454 e. The summed E-state index contributed by atoms with van der Waals surface area (Å²) in [4.78, 5) is 23.9. The van der Waals surface area contributed by atoms with Gasteiger partial charge in [-0.15, -0.1) is 0 Å². The number of benzene rings is 2. The number of nitrogens with zero attached hydrogens (tertiary/aromatic N) is 1. The molecule has 2 aromatic carbocycles. The molecule has 0 aliphatic rings. The maximum atomic E-state index is 14.1. The van der Waals surface area contributed by atoms with E-state index in [1.165, 1.54) is 10.6 Å². The highest BCUT2D eigenvalue weighted by atomic mass is 19.1. The Hall–Kier alpha value is -3.94. The number of carbonyl (C=O) groups excluding carboxylic acids is 1. The average molecular weight is 411 g/mol. The molecule has 0 spiro atoms. The predicted molar refractivity (Wildman–Crippen MR) is 112 cm³/mol. The standard InChI is InChI=1S/C22H19F2N3O3/c1-4-21(28)26-15-6-8-19(30-20-7-5-14(23)10-17(20)24)16(11-15)13-9-18(25-2)22(29)27(3)12-13/h4-12,25H,1H2,2-3H3,(H,26,28). The van der Waals surface area contributed by atoms with Gasteiger partial charge < -0.3 is 19.9 Å². The summed E-state index contributed by atoms with van der Waals surface area (Å²) in [7, 11) is 3.21. The maximum Gasteiger partial charge on any atom is 0.273 e. The minimum absolute atomic E-state index is 0.167. The van der Waals surface area contributed by atoms with Crippen LogP contribution in [0, 0.1) is 11.6 Å². The summed E-state index contributed by atoms with van der Waals surface area (Å²) in [5, 5.41) is 5.47. The normalized spacial score (nSPS) is 10.4. The third kappa shape index (κ3) is 4.38. The lowest BCUT2D eigenvalue weighted by Gasteiger charge is -2.15. The van der Waals surface area contributed by atoms with Gasteiger partial charge in [0.1, 0.15) is 17.3 Å². The number of pyridine rings is 1. The fourth-order valence-electron chi connectivity index (χ4n) is 2.83. The van der Waals surface area contributed by atoms with Crippen molar-refractivity contribution in [1.82, 2.24) is 4.57 Å². The first-order valence-electron chi connectivity index (χ1n) is 8.91. The van der Waals surface area contributed by atoms with Gasteiger partial charge in [0.05, 0.1) is 0 Å². The zero-order chi connectivity index (χ0) is 21.8. The summed E-state index contributed by atoms with van der Waals surface area (Å²) in [5.74, 6) is -1.91. The molecule has 0 saturated heterocycles. The van der Waals surface area contributed by atoms with E-state index < -0.39 is 17.5 Å². The molecule has 6 nitrogen and oxygen atoms in total. The molecule has 30 heavy (non-hydrogen) atoms. The SMILES string of the molecule is C=CC(=O)Nc1ccc(Oc2ccc(F)cc2F)c(-c2cc(NC)c(=O)n(C)c2)c1. The lowest BCUT2D eigenvalue weighted by Crippen LogP contribution is -2.19.